The highest BCUT2D eigenvalue weighted by atomic mass is 31.2. The molecule has 0 aliphatic carbocycles. The first-order valence-electron chi connectivity index (χ1n) is 45.1. The van der Waals surface area contributed by atoms with Crippen LogP contribution in [0.2, 0.25) is 0 Å². The van der Waals surface area contributed by atoms with Crippen LogP contribution in [0, 0.1) is 5.92 Å². The Morgan fingerprint density at radius 1 is 0.255 bits per heavy atom. The van der Waals surface area contributed by atoms with Crippen molar-refractivity contribution in [1.29, 1.82) is 0 Å². The van der Waals surface area contributed by atoms with Crippen LogP contribution in [0.5, 0.6) is 0 Å². The van der Waals surface area contributed by atoms with Gasteiger partial charge in [-0.25, -0.2) is 9.13 Å². The number of unbranched alkanes of at least 4 members (excludes halogenated alkanes) is 59. The Balaban J connectivity index is 5.09. The lowest BCUT2D eigenvalue weighted by atomic mass is 10.0. The number of hydrogen-bond donors (Lipinski definition) is 3. The number of ether oxygens (including phenoxy) is 4. The van der Waals surface area contributed by atoms with Crippen LogP contribution < -0.4 is 0 Å². The molecular weight excluding hydrogens is 1380 g/mol. The van der Waals surface area contributed by atoms with Crippen molar-refractivity contribution in [2.75, 3.05) is 39.6 Å². The zero-order chi connectivity index (χ0) is 77.6. The Labute approximate surface area is 651 Å². The van der Waals surface area contributed by atoms with Crippen LogP contribution >= 0.6 is 15.6 Å². The highest BCUT2D eigenvalue weighted by Crippen LogP contribution is 2.45. The van der Waals surface area contributed by atoms with Crippen LogP contribution in [0.25, 0.3) is 0 Å². The molecule has 0 aromatic carbocycles. The fourth-order valence-electron chi connectivity index (χ4n) is 13.6. The summed E-state index contributed by atoms with van der Waals surface area (Å²) in [5.41, 5.74) is 0. The molecule has 17 nitrogen and oxygen atoms in total. The topological polar surface area (TPSA) is 237 Å². The molecule has 0 aromatic heterocycles. The Morgan fingerprint density at radius 3 is 0.642 bits per heavy atom. The molecule has 3 N–H and O–H groups in total. The lowest BCUT2D eigenvalue weighted by Gasteiger charge is -2.21. The quantitative estimate of drug-likeness (QED) is 0.0222. The van der Waals surface area contributed by atoms with Gasteiger partial charge in [0.1, 0.15) is 19.3 Å². The van der Waals surface area contributed by atoms with E-state index in [1.807, 2.05) is 0 Å². The van der Waals surface area contributed by atoms with E-state index < -0.39 is 97.5 Å². The van der Waals surface area contributed by atoms with E-state index >= 15 is 0 Å². The van der Waals surface area contributed by atoms with Crippen LogP contribution in [0.4, 0.5) is 0 Å². The first kappa shape index (κ1) is 104. The molecule has 630 valence electrons. The van der Waals surface area contributed by atoms with Gasteiger partial charge in [-0.15, -0.1) is 0 Å². The predicted molar refractivity (Wildman–Crippen MR) is 437 cm³/mol. The third kappa shape index (κ3) is 80.1. The van der Waals surface area contributed by atoms with E-state index in [1.165, 1.54) is 289 Å². The summed E-state index contributed by atoms with van der Waals surface area (Å²) >= 11 is 0. The maximum Gasteiger partial charge on any atom is 0.472 e. The average Bonchev–Trinajstić information content (AvgIpc) is 0.910. The molecule has 0 radical (unpaired) electrons. The molecule has 0 rings (SSSR count). The Morgan fingerprint density at radius 2 is 0.434 bits per heavy atom. The molecule has 5 atom stereocenters. The van der Waals surface area contributed by atoms with Gasteiger partial charge in [0.05, 0.1) is 26.4 Å². The van der Waals surface area contributed by atoms with Crippen molar-refractivity contribution in [3.8, 4) is 0 Å². The fraction of sp³-hybridized carbons (Fsp3) is 0.954. The van der Waals surface area contributed by atoms with Crippen molar-refractivity contribution in [2.45, 2.75) is 490 Å². The molecule has 19 heteroatoms. The van der Waals surface area contributed by atoms with Gasteiger partial charge in [-0.3, -0.25) is 37.3 Å². The van der Waals surface area contributed by atoms with Gasteiger partial charge < -0.3 is 33.8 Å². The molecule has 0 aliphatic rings. The molecule has 0 aromatic rings. The second kappa shape index (κ2) is 79.7. The number of phosphoric ester groups is 2. The minimum absolute atomic E-state index is 0.108. The van der Waals surface area contributed by atoms with Crippen molar-refractivity contribution >= 4 is 39.5 Å². The Bertz CT molecular complexity index is 2010. The van der Waals surface area contributed by atoms with Crippen LogP contribution in [0.3, 0.4) is 0 Å². The number of rotatable bonds is 87. The summed E-state index contributed by atoms with van der Waals surface area (Å²) in [5, 5.41) is 10.6. The van der Waals surface area contributed by atoms with Crippen LogP contribution in [-0.2, 0) is 65.4 Å². The number of aliphatic hydroxyl groups is 1. The monoisotopic (exact) mass is 1550 g/mol. The molecule has 2 unspecified atom stereocenters. The van der Waals surface area contributed by atoms with Gasteiger partial charge in [0.15, 0.2) is 12.2 Å². The van der Waals surface area contributed by atoms with Gasteiger partial charge in [0.25, 0.3) is 0 Å². The lowest BCUT2D eigenvalue weighted by Crippen LogP contribution is -2.30. The smallest absolute Gasteiger partial charge is 0.462 e. The standard InChI is InChI=1S/C87H170O17P2/c1-6-9-12-15-17-19-21-23-25-27-29-31-32-34-36-41-45-49-53-57-63-68-73-87(92)104-83(77-98-85(90)71-66-61-56-52-48-44-40-35-33-30-28-26-24-22-20-18-16-13-10-7-2)79-102-106(95,96)100-75-81(88)74-99-105(93,94)101-78-82(76-97-84(89)70-65-59-14-11-8-3)103-86(91)72-67-62-58-54-50-46-42-38-37-39-43-47-51-55-60-64-69-80(4)5/h80-83,88H,6-79H2,1-5H3,(H,93,94)(H,95,96)/t81-,82+,83+/m0/s1. The maximum absolute atomic E-state index is 13.1. The van der Waals surface area contributed by atoms with E-state index in [0.29, 0.717) is 25.7 Å². The average molecular weight is 1550 g/mol. The molecule has 0 amide bonds. The van der Waals surface area contributed by atoms with E-state index in [0.717, 1.165) is 102 Å². The maximum atomic E-state index is 13.1. The van der Waals surface area contributed by atoms with Gasteiger partial charge >= 0.3 is 39.5 Å². The number of carbonyl (C=O) groups is 4. The third-order valence-electron chi connectivity index (χ3n) is 20.5. The molecular formula is C87H170O17P2. The van der Waals surface area contributed by atoms with E-state index in [4.69, 9.17) is 37.0 Å². The normalized spacial score (nSPS) is 13.7. The first-order valence-corrected chi connectivity index (χ1v) is 48.1. The minimum Gasteiger partial charge on any atom is -0.462 e. The summed E-state index contributed by atoms with van der Waals surface area (Å²) in [4.78, 5) is 72.9. The number of carbonyl (C=O) groups excluding carboxylic acids is 4. The van der Waals surface area contributed by atoms with Crippen molar-refractivity contribution < 1.29 is 80.2 Å². The second-order valence-electron chi connectivity index (χ2n) is 31.8. The molecule has 0 spiro atoms. The zero-order valence-electron chi connectivity index (χ0n) is 69.6. The molecule has 0 bridgehead atoms. The number of esters is 4. The molecule has 0 fully saturated rings. The van der Waals surface area contributed by atoms with E-state index in [9.17, 15) is 43.2 Å². The summed E-state index contributed by atoms with van der Waals surface area (Å²) in [6.07, 6.45) is 74.3. The Hall–Kier alpha value is -1.94. The van der Waals surface area contributed by atoms with E-state index in [1.54, 1.807) is 0 Å². The summed E-state index contributed by atoms with van der Waals surface area (Å²) in [6.45, 7) is 7.30. The molecule has 0 heterocycles. The van der Waals surface area contributed by atoms with Gasteiger partial charge in [-0.05, 0) is 31.6 Å². The third-order valence-corrected chi connectivity index (χ3v) is 22.4. The van der Waals surface area contributed by atoms with Crippen LogP contribution in [-0.4, -0.2) is 96.7 Å². The van der Waals surface area contributed by atoms with Crippen LogP contribution in [0.1, 0.15) is 471 Å². The molecule has 0 saturated heterocycles. The largest absolute Gasteiger partial charge is 0.472 e. The van der Waals surface area contributed by atoms with Gasteiger partial charge in [0.2, 0.25) is 0 Å². The van der Waals surface area contributed by atoms with Crippen molar-refractivity contribution in [1.82, 2.24) is 0 Å². The first-order chi connectivity index (χ1) is 51.5. The van der Waals surface area contributed by atoms with E-state index in [-0.39, 0.29) is 25.7 Å². The highest BCUT2D eigenvalue weighted by Gasteiger charge is 2.30. The van der Waals surface area contributed by atoms with Crippen molar-refractivity contribution in [3.05, 3.63) is 0 Å². The molecule has 106 heavy (non-hydrogen) atoms. The summed E-state index contributed by atoms with van der Waals surface area (Å²) in [7, 11) is -9.92. The summed E-state index contributed by atoms with van der Waals surface area (Å²) < 4.78 is 68.7. The number of hydrogen-bond acceptors (Lipinski definition) is 15. The van der Waals surface area contributed by atoms with Gasteiger partial charge in [-0.2, -0.15) is 0 Å². The summed E-state index contributed by atoms with van der Waals surface area (Å²) in [6, 6.07) is 0. The molecule has 0 saturated carbocycles. The number of phosphoric acid groups is 2. The minimum atomic E-state index is -4.96. The lowest BCUT2D eigenvalue weighted by molar-refractivity contribution is -0.161. The fourth-order valence-corrected chi connectivity index (χ4v) is 15.2. The zero-order valence-corrected chi connectivity index (χ0v) is 71.4. The van der Waals surface area contributed by atoms with Crippen molar-refractivity contribution in [2.24, 2.45) is 5.92 Å². The number of aliphatic hydroxyl groups excluding tert-OH is 1. The van der Waals surface area contributed by atoms with Gasteiger partial charge in [0, 0.05) is 25.7 Å². The SMILES string of the molecule is CCCCCCCCCCCCCCCCCCCCCCCCC(=O)O[C@H](COC(=O)CCCCCCCCCCCCCCCCCCCCCC)COP(=O)(O)OC[C@@H](O)COP(=O)(O)OC[C@@H](COC(=O)CCCCCCC)OC(=O)CCCCCCCCCCCCCCCCCCC(C)C. The summed E-state index contributed by atoms with van der Waals surface area (Å²) in [5.74, 6) is -1.30. The van der Waals surface area contributed by atoms with Crippen LogP contribution in [0.15, 0.2) is 0 Å². The Kier molecular flexibility index (Phi) is 78.2. The van der Waals surface area contributed by atoms with Crippen molar-refractivity contribution in [3.63, 3.8) is 0 Å². The highest BCUT2D eigenvalue weighted by molar-refractivity contribution is 7.47. The van der Waals surface area contributed by atoms with E-state index in [2.05, 4.69) is 34.6 Å². The predicted octanol–water partition coefficient (Wildman–Crippen LogP) is 26.8. The second-order valence-corrected chi connectivity index (χ2v) is 34.7. The van der Waals surface area contributed by atoms with Gasteiger partial charge in [-0.1, -0.05) is 420 Å². The molecule has 0 aliphatic heterocycles.